The molecule has 0 spiro atoms. The smallest absolute Gasteiger partial charge is 0.119 e. The largest absolute Gasteiger partial charge is 0.359 e. The summed E-state index contributed by atoms with van der Waals surface area (Å²) in [5, 5.41) is 0. The van der Waals surface area contributed by atoms with Gasteiger partial charge in [-0.05, 0) is 0 Å². The van der Waals surface area contributed by atoms with Gasteiger partial charge in [-0.1, -0.05) is 50.5 Å². The van der Waals surface area contributed by atoms with Crippen molar-refractivity contribution in [1.82, 2.24) is 0 Å². The Morgan fingerprint density at radius 1 is 1.00 bits per heavy atom. The van der Waals surface area contributed by atoms with Crippen molar-refractivity contribution in [3.8, 4) is 0 Å². The monoisotopic (exact) mass is 242 g/mol. The normalized spacial score (nSPS) is 16.8. The van der Waals surface area contributed by atoms with Crippen molar-refractivity contribution >= 4 is 34.9 Å². The van der Waals surface area contributed by atoms with Gasteiger partial charge in [0.1, 0.15) is 7.50 Å². The van der Waals surface area contributed by atoms with E-state index >= 15 is 0 Å². The molecule has 1 N–H and O–H groups in total. The van der Waals surface area contributed by atoms with Crippen LogP contribution in [0.5, 0.6) is 0 Å². The molecule has 5 heteroatoms. The van der Waals surface area contributed by atoms with Crippen molar-refractivity contribution in [2.75, 3.05) is 0 Å². The zero-order valence-electron chi connectivity index (χ0n) is 8.85. The number of halogens is 1. The minimum Gasteiger partial charge on any atom is -0.359 e. The molecule has 0 aromatic rings. The SMILES string of the molecule is C[Si](C)(C)C(P(O)Cl)[Si](C)(C)C. The molecule has 1 unspecified atom stereocenters. The predicted octanol–water partition coefficient (Wildman–Crippen LogP) is 3.65. The van der Waals surface area contributed by atoms with Gasteiger partial charge in [0.15, 0.2) is 0 Å². The van der Waals surface area contributed by atoms with Crippen LogP contribution in [0.25, 0.3) is 0 Å². The van der Waals surface area contributed by atoms with Crippen molar-refractivity contribution in [3.05, 3.63) is 0 Å². The first-order valence-corrected chi connectivity index (χ1v) is 13.6. The Balaban J connectivity index is 4.70. The summed E-state index contributed by atoms with van der Waals surface area (Å²) in [6, 6.07) is 0. The first-order valence-electron chi connectivity index (χ1n) is 4.20. The highest BCUT2D eigenvalue weighted by atomic mass is 35.7. The first-order chi connectivity index (χ1) is 5.07. The van der Waals surface area contributed by atoms with Crippen LogP contribution >= 0.6 is 18.7 Å². The molecule has 0 aliphatic carbocycles. The van der Waals surface area contributed by atoms with Crippen molar-refractivity contribution in [3.63, 3.8) is 0 Å². The number of hydrogen-bond acceptors (Lipinski definition) is 1. The topological polar surface area (TPSA) is 20.2 Å². The number of rotatable bonds is 3. The lowest BCUT2D eigenvalue weighted by Crippen LogP contribution is -2.51. The van der Waals surface area contributed by atoms with Crippen LogP contribution in [0, 0.1) is 0 Å². The molecule has 1 atom stereocenters. The van der Waals surface area contributed by atoms with E-state index in [1.807, 2.05) is 0 Å². The van der Waals surface area contributed by atoms with E-state index in [4.69, 9.17) is 11.2 Å². The fourth-order valence-corrected chi connectivity index (χ4v) is 22.7. The molecule has 0 aromatic carbocycles. The minimum absolute atomic E-state index is 0.446. The van der Waals surface area contributed by atoms with Crippen LogP contribution in [0.15, 0.2) is 0 Å². The van der Waals surface area contributed by atoms with Crippen LogP contribution in [0.2, 0.25) is 39.3 Å². The molecule has 0 aliphatic rings. The lowest BCUT2D eigenvalue weighted by molar-refractivity contribution is 0.640. The van der Waals surface area contributed by atoms with Crippen molar-refractivity contribution in [1.29, 1.82) is 0 Å². The van der Waals surface area contributed by atoms with E-state index in [0.717, 1.165) is 0 Å². The molecule has 0 aromatic heterocycles. The van der Waals surface area contributed by atoms with E-state index < -0.39 is 23.6 Å². The summed E-state index contributed by atoms with van der Waals surface area (Å²) in [7, 11) is -3.80. The van der Waals surface area contributed by atoms with E-state index in [2.05, 4.69) is 39.3 Å². The molecular weight excluding hydrogens is 223 g/mol. The molecule has 0 saturated carbocycles. The maximum atomic E-state index is 9.58. The molecule has 1 nitrogen and oxygen atoms in total. The van der Waals surface area contributed by atoms with Crippen LogP contribution < -0.4 is 0 Å². The standard InChI is InChI=1S/C7H20ClOPSi2/c1-11(2,3)7(10(8)9)12(4,5)6/h7,9H,1-6H3. The molecule has 0 fully saturated rings. The van der Waals surface area contributed by atoms with E-state index in [-0.39, 0.29) is 0 Å². The molecule has 0 saturated heterocycles. The lowest BCUT2D eigenvalue weighted by Gasteiger charge is -2.38. The summed E-state index contributed by atoms with van der Waals surface area (Å²) in [5.74, 6) is 0. The zero-order valence-corrected chi connectivity index (χ0v) is 12.5. The molecular formula is C7H20ClOPSi2. The predicted molar refractivity (Wildman–Crippen MR) is 65.5 cm³/mol. The third kappa shape index (κ3) is 3.88. The average molecular weight is 243 g/mol. The van der Waals surface area contributed by atoms with Gasteiger partial charge in [0, 0.05) is 4.91 Å². The summed E-state index contributed by atoms with van der Waals surface area (Å²) in [6.07, 6.45) is 0. The molecule has 0 bridgehead atoms. The van der Waals surface area contributed by atoms with Crippen LogP contribution in [-0.2, 0) is 0 Å². The summed E-state index contributed by atoms with van der Waals surface area (Å²) in [4.78, 5) is 10.0. The molecule has 74 valence electrons. The van der Waals surface area contributed by atoms with E-state index in [9.17, 15) is 4.89 Å². The first kappa shape index (κ1) is 13.1. The molecule has 0 radical (unpaired) electrons. The highest BCUT2D eigenvalue weighted by Gasteiger charge is 2.42. The maximum Gasteiger partial charge on any atom is 0.119 e. The second-order valence-corrected chi connectivity index (χ2v) is 19.7. The van der Waals surface area contributed by atoms with Gasteiger partial charge in [0.25, 0.3) is 0 Å². The fourth-order valence-electron chi connectivity index (χ4n) is 1.94. The fraction of sp³-hybridized carbons (Fsp3) is 1.00. The Labute approximate surface area is 84.2 Å². The van der Waals surface area contributed by atoms with Crippen LogP contribution in [0.1, 0.15) is 0 Å². The highest BCUT2D eigenvalue weighted by Crippen LogP contribution is 2.49. The van der Waals surface area contributed by atoms with Gasteiger partial charge in [-0.3, -0.25) is 0 Å². The molecule has 0 heterocycles. The van der Waals surface area contributed by atoms with Gasteiger partial charge in [-0.25, -0.2) is 0 Å². The third-order valence-electron chi connectivity index (χ3n) is 1.85. The Bertz CT molecular complexity index is 136. The summed E-state index contributed by atoms with van der Waals surface area (Å²) in [6.45, 7) is 13.8. The Morgan fingerprint density at radius 3 is 1.25 bits per heavy atom. The van der Waals surface area contributed by atoms with Crippen molar-refractivity contribution in [2.45, 2.75) is 44.2 Å². The second kappa shape index (κ2) is 4.10. The van der Waals surface area contributed by atoms with Gasteiger partial charge in [0.2, 0.25) is 0 Å². The second-order valence-electron chi connectivity index (χ2n) is 5.42. The van der Waals surface area contributed by atoms with Gasteiger partial charge in [0.05, 0.1) is 16.1 Å². The molecule has 0 rings (SSSR count). The van der Waals surface area contributed by atoms with Crippen LogP contribution in [0.3, 0.4) is 0 Å². The third-order valence-corrected chi connectivity index (χ3v) is 18.4. The average Bonchev–Trinajstić information content (AvgIpc) is 1.49. The Morgan fingerprint density at radius 2 is 1.25 bits per heavy atom. The molecule has 12 heavy (non-hydrogen) atoms. The molecule has 0 amide bonds. The summed E-state index contributed by atoms with van der Waals surface area (Å²) >= 11 is 5.90. The zero-order chi connectivity index (χ0) is 10.2. The highest BCUT2D eigenvalue weighted by molar-refractivity contribution is 7.84. The van der Waals surface area contributed by atoms with Crippen LogP contribution in [0.4, 0.5) is 0 Å². The summed E-state index contributed by atoms with van der Waals surface area (Å²) < 4.78 is 0. The van der Waals surface area contributed by atoms with Crippen molar-refractivity contribution < 1.29 is 4.89 Å². The number of hydrogen-bond donors (Lipinski definition) is 1. The molecule has 0 aliphatic heterocycles. The van der Waals surface area contributed by atoms with E-state index in [0.29, 0.717) is 4.91 Å². The lowest BCUT2D eigenvalue weighted by atomic mass is 11.7. The van der Waals surface area contributed by atoms with E-state index in [1.54, 1.807) is 0 Å². The quantitative estimate of drug-likeness (QED) is 0.592. The maximum absolute atomic E-state index is 9.58. The van der Waals surface area contributed by atoms with Gasteiger partial charge >= 0.3 is 0 Å². The Hall–Kier alpha value is 1.11. The van der Waals surface area contributed by atoms with E-state index in [1.165, 1.54) is 0 Å². The van der Waals surface area contributed by atoms with Crippen molar-refractivity contribution in [2.24, 2.45) is 0 Å². The Kier molecular flexibility index (Phi) is 4.48. The van der Waals surface area contributed by atoms with Gasteiger partial charge < -0.3 is 4.89 Å². The van der Waals surface area contributed by atoms with Crippen LogP contribution in [-0.4, -0.2) is 25.9 Å². The van der Waals surface area contributed by atoms with Gasteiger partial charge in [-0.15, -0.1) is 0 Å². The van der Waals surface area contributed by atoms with Gasteiger partial charge in [-0.2, -0.15) is 0 Å². The summed E-state index contributed by atoms with van der Waals surface area (Å²) in [5.41, 5.74) is 0. The minimum atomic E-state index is -1.28.